The van der Waals surface area contributed by atoms with Gasteiger partial charge in [-0.25, -0.2) is 23.2 Å². The highest BCUT2D eigenvalue weighted by Gasteiger charge is 2.25. The van der Waals surface area contributed by atoms with Gasteiger partial charge in [0.25, 0.3) is 0 Å². The zero-order chi connectivity index (χ0) is 25.1. The summed E-state index contributed by atoms with van der Waals surface area (Å²) in [6, 6.07) is 4.05. The second-order valence-electron chi connectivity index (χ2n) is 7.10. The Morgan fingerprint density at radius 1 is 1.18 bits per heavy atom. The van der Waals surface area contributed by atoms with Crippen LogP contribution in [0.1, 0.15) is 18.1 Å². The van der Waals surface area contributed by atoms with E-state index in [4.69, 9.17) is 19.7 Å². The molecule has 2 aromatic rings. The zero-order valence-electron chi connectivity index (χ0n) is 18.2. The number of carbonyl (C=O) groups is 3. The molecule has 184 valence electrons. The summed E-state index contributed by atoms with van der Waals surface area (Å²) in [5.74, 6) is -4.02. The summed E-state index contributed by atoms with van der Waals surface area (Å²) in [4.78, 5) is 32.8. The van der Waals surface area contributed by atoms with Crippen LogP contribution in [0.4, 0.5) is 13.6 Å². The van der Waals surface area contributed by atoms with Crippen LogP contribution in [0, 0.1) is 11.6 Å². The van der Waals surface area contributed by atoms with Crippen LogP contribution in [0.15, 0.2) is 41.1 Å². The molecule has 0 radical (unpaired) electrons. The van der Waals surface area contributed by atoms with E-state index >= 15 is 0 Å². The minimum absolute atomic E-state index is 0.0289. The van der Waals surface area contributed by atoms with Crippen LogP contribution in [-0.2, 0) is 27.5 Å². The smallest absolute Gasteiger partial charge is 0.410 e. The molecule has 1 aliphatic rings. The van der Waals surface area contributed by atoms with E-state index in [2.05, 4.69) is 5.32 Å². The molecule has 1 saturated heterocycles. The minimum Gasteiger partial charge on any atom is -0.489 e. The number of carboxylic acid groups (broad SMARTS) is 2. The van der Waals surface area contributed by atoms with Gasteiger partial charge in [-0.3, -0.25) is 0 Å². The van der Waals surface area contributed by atoms with Gasteiger partial charge in [0.1, 0.15) is 30.6 Å². The fraction of sp³-hybridized carbons (Fsp3) is 0.318. The molecule has 0 unspecified atom stereocenters. The van der Waals surface area contributed by atoms with Gasteiger partial charge in [-0.1, -0.05) is 0 Å². The van der Waals surface area contributed by atoms with Crippen LogP contribution in [0.5, 0.6) is 5.75 Å². The molecule has 34 heavy (non-hydrogen) atoms. The predicted molar refractivity (Wildman–Crippen MR) is 119 cm³/mol. The van der Waals surface area contributed by atoms with E-state index in [-0.39, 0.29) is 24.0 Å². The molecule has 0 bridgehead atoms. The SMILES string of the molecule is C[C@@H]1CNCCN1C(=O)OCc1c(F)cc(OCc2ccsc2)cc1F.O=C(O)/C=C/C(=O)O. The molecule has 0 saturated carbocycles. The maximum absolute atomic E-state index is 14.2. The summed E-state index contributed by atoms with van der Waals surface area (Å²) in [7, 11) is 0. The Hall–Kier alpha value is -3.51. The standard InChI is InChI=1S/C18H20F2N2O3S.C4H4O4/c1-12-8-21-3-4-22(12)18(23)25-10-15-16(19)6-14(7-17(15)20)24-9-13-2-5-26-11-13;5-3(6)1-2-4(7)8/h2,5-7,11-12,21H,3-4,8-10H2,1H3;1-2H,(H,5,6)(H,7,8)/b;2-1+/t12-;/m1./s1. The number of hydrogen-bond acceptors (Lipinski definition) is 7. The van der Waals surface area contributed by atoms with Crippen molar-refractivity contribution in [2.75, 3.05) is 19.6 Å². The number of aliphatic carboxylic acids is 2. The number of piperazine rings is 1. The topological polar surface area (TPSA) is 125 Å². The van der Waals surface area contributed by atoms with Gasteiger partial charge in [-0.2, -0.15) is 11.3 Å². The number of amides is 1. The van der Waals surface area contributed by atoms with Gasteiger partial charge < -0.3 is 29.9 Å². The van der Waals surface area contributed by atoms with E-state index < -0.39 is 36.3 Å². The third kappa shape index (κ3) is 8.79. The maximum Gasteiger partial charge on any atom is 0.410 e. The number of hydrogen-bond donors (Lipinski definition) is 3. The molecule has 3 rings (SSSR count). The molecule has 1 aromatic carbocycles. The third-order valence-electron chi connectivity index (χ3n) is 4.54. The molecule has 1 aromatic heterocycles. The largest absolute Gasteiger partial charge is 0.489 e. The maximum atomic E-state index is 14.2. The number of thiophene rings is 1. The normalized spacial score (nSPS) is 15.4. The number of halogens is 2. The molecule has 12 heteroatoms. The third-order valence-corrected chi connectivity index (χ3v) is 5.28. The van der Waals surface area contributed by atoms with Crippen molar-refractivity contribution in [2.24, 2.45) is 0 Å². The van der Waals surface area contributed by atoms with Gasteiger partial charge in [-0.15, -0.1) is 0 Å². The van der Waals surface area contributed by atoms with Crippen molar-refractivity contribution in [3.05, 3.63) is 63.9 Å². The van der Waals surface area contributed by atoms with E-state index in [1.165, 1.54) is 11.3 Å². The van der Waals surface area contributed by atoms with E-state index in [1.807, 2.05) is 23.8 Å². The van der Waals surface area contributed by atoms with Crippen molar-refractivity contribution < 1.29 is 42.9 Å². The van der Waals surface area contributed by atoms with Gasteiger partial charge in [-0.05, 0) is 29.3 Å². The lowest BCUT2D eigenvalue weighted by Crippen LogP contribution is -2.52. The molecular weight excluding hydrogens is 474 g/mol. The number of carbonyl (C=O) groups excluding carboxylic acids is 1. The summed E-state index contributed by atoms with van der Waals surface area (Å²) >= 11 is 1.52. The average Bonchev–Trinajstić information content (AvgIpc) is 3.30. The first-order valence-corrected chi connectivity index (χ1v) is 11.0. The Balaban J connectivity index is 0.000000440. The lowest BCUT2D eigenvalue weighted by atomic mass is 10.2. The van der Waals surface area contributed by atoms with Crippen LogP contribution in [-0.4, -0.2) is 58.8 Å². The summed E-state index contributed by atoms with van der Waals surface area (Å²) in [6.07, 6.45) is 0.542. The van der Waals surface area contributed by atoms with E-state index in [9.17, 15) is 23.2 Å². The molecule has 3 N–H and O–H groups in total. The molecule has 2 heterocycles. The van der Waals surface area contributed by atoms with Crippen molar-refractivity contribution in [1.29, 1.82) is 0 Å². The van der Waals surface area contributed by atoms with Crippen LogP contribution in [0.25, 0.3) is 0 Å². The van der Waals surface area contributed by atoms with Crippen molar-refractivity contribution in [1.82, 2.24) is 10.2 Å². The fourth-order valence-corrected chi connectivity index (χ4v) is 3.47. The fourth-order valence-electron chi connectivity index (χ4n) is 2.81. The van der Waals surface area contributed by atoms with Crippen molar-refractivity contribution >= 4 is 29.4 Å². The molecule has 1 amide bonds. The van der Waals surface area contributed by atoms with Crippen LogP contribution in [0.2, 0.25) is 0 Å². The van der Waals surface area contributed by atoms with Crippen molar-refractivity contribution in [3.8, 4) is 5.75 Å². The highest BCUT2D eigenvalue weighted by Crippen LogP contribution is 2.23. The first kappa shape index (κ1) is 26.7. The van der Waals surface area contributed by atoms with Gasteiger partial charge in [0.05, 0.1) is 5.56 Å². The minimum atomic E-state index is -1.26. The first-order valence-electron chi connectivity index (χ1n) is 10.1. The Kier molecular flexibility index (Phi) is 10.4. The number of benzene rings is 1. The first-order chi connectivity index (χ1) is 16.2. The van der Waals surface area contributed by atoms with Gasteiger partial charge in [0.2, 0.25) is 0 Å². The van der Waals surface area contributed by atoms with E-state index in [1.54, 1.807) is 4.90 Å². The molecule has 1 atom stereocenters. The monoisotopic (exact) mass is 498 g/mol. The van der Waals surface area contributed by atoms with Crippen LogP contribution < -0.4 is 10.1 Å². The lowest BCUT2D eigenvalue weighted by Gasteiger charge is -2.33. The van der Waals surface area contributed by atoms with E-state index in [0.717, 1.165) is 17.7 Å². The van der Waals surface area contributed by atoms with Gasteiger partial charge >= 0.3 is 18.0 Å². The zero-order valence-corrected chi connectivity index (χ0v) is 19.0. The number of ether oxygens (including phenoxy) is 2. The van der Waals surface area contributed by atoms with Gasteiger partial charge in [0, 0.05) is 50.0 Å². The molecule has 9 nitrogen and oxygen atoms in total. The number of nitrogens with one attached hydrogen (secondary N) is 1. The number of rotatable bonds is 7. The molecular formula is C22H24F2N2O7S. The lowest BCUT2D eigenvalue weighted by molar-refractivity contribution is -0.134. The van der Waals surface area contributed by atoms with Gasteiger partial charge in [0.15, 0.2) is 0 Å². The Morgan fingerprint density at radius 3 is 2.35 bits per heavy atom. The number of nitrogens with zero attached hydrogens (tertiary/aromatic N) is 1. The molecule has 1 fully saturated rings. The Labute approximate surface area is 198 Å². The summed E-state index contributed by atoms with van der Waals surface area (Å²) in [6.45, 7) is 3.48. The highest BCUT2D eigenvalue weighted by molar-refractivity contribution is 7.07. The average molecular weight is 499 g/mol. The summed E-state index contributed by atoms with van der Waals surface area (Å²) in [5.41, 5.74) is 0.642. The Bertz CT molecular complexity index is 976. The predicted octanol–water partition coefficient (Wildman–Crippen LogP) is 3.25. The Morgan fingerprint density at radius 2 is 1.82 bits per heavy atom. The molecule has 0 spiro atoms. The second-order valence-corrected chi connectivity index (χ2v) is 7.88. The summed E-state index contributed by atoms with van der Waals surface area (Å²) < 4.78 is 38.9. The quantitative estimate of drug-likeness (QED) is 0.497. The highest BCUT2D eigenvalue weighted by atomic mass is 32.1. The van der Waals surface area contributed by atoms with E-state index in [0.29, 0.717) is 31.8 Å². The summed E-state index contributed by atoms with van der Waals surface area (Å²) in [5, 5.41) is 22.6. The molecule has 1 aliphatic heterocycles. The second kappa shape index (κ2) is 13.3. The molecule has 0 aliphatic carbocycles. The van der Waals surface area contributed by atoms with Crippen molar-refractivity contribution in [3.63, 3.8) is 0 Å². The van der Waals surface area contributed by atoms with Crippen LogP contribution >= 0.6 is 11.3 Å². The van der Waals surface area contributed by atoms with Crippen LogP contribution in [0.3, 0.4) is 0 Å². The number of carboxylic acids is 2. The van der Waals surface area contributed by atoms with Crippen molar-refractivity contribution in [2.45, 2.75) is 26.2 Å².